The molecular weight excluding hydrogens is 296 g/mol. The maximum absolute atomic E-state index is 6.36. The Morgan fingerprint density at radius 1 is 1.00 bits per heavy atom. The highest BCUT2D eigenvalue weighted by atomic mass is 35.5. The van der Waals surface area contributed by atoms with Gasteiger partial charge in [0.25, 0.3) is 0 Å². The van der Waals surface area contributed by atoms with Crippen molar-refractivity contribution in [3.05, 3.63) is 59.1 Å². The molecule has 0 N–H and O–H groups in total. The van der Waals surface area contributed by atoms with Gasteiger partial charge in [-0.05, 0) is 30.2 Å². The number of nitrogens with zero attached hydrogens (tertiary/aromatic N) is 2. The van der Waals surface area contributed by atoms with Gasteiger partial charge in [-0.3, -0.25) is 0 Å². The van der Waals surface area contributed by atoms with Crippen molar-refractivity contribution in [1.82, 2.24) is 5.06 Å². The third-order valence-electron chi connectivity index (χ3n) is 3.84. The predicted octanol–water partition coefficient (Wildman–Crippen LogP) is 5.33. The first-order valence-corrected chi connectivity index (χ1v) is 8.23. The summed E-state index contributed by atoms with van der Waals surface area (Å²) in [5.74, 6) is 0. The van der Waals surface area contributed by atoms with Crippen LogP contribution in [0.1, 0.15) is 31.7 Å². The van der Waals surface area contributed by atoms with Crippen LogP contribution in [0.25, 0.3) is 0 Å². The highest BCUT2D eigenvalue weighted by Gasteiger charge is 2.25. The van der Waals surface area contributed by atoms with Crippen LogP contribution < -0.4 is 5.06 Å². The first-order chi connectivity index (χ1) is 10.8. The fraction of sp³-hybridized carbons (Fsp3) is 0.333. The van der Waals surface area contributed by atoms with Gasteiger partial charge in [-0.1, -0.05) is 61.7 Å². The molecule has 116 valence electrons. The van der Waals surface area contributed by atoms with Crippen molar-refractivity contribution in [3.8, 4) is 0 Å². The number of rotatable bonds is 5. The zero-order valence-corrected chi connectivity index (χ0v) is 13.6. The molecular formula is C18H21ClN2O. The van der Waals surface area contributed by atoms with E-state index in [0.717, 1.165) is 30.9 Å². The van der Waals surface area contributed by atoms with E-state index in [1.165, 1.54) is 18.4 Å². The van der Waals surface area contributed by atoms with E-state index >= 15 is 0 Å². The van der Waals surface area contributed by atoms with Gasteiger partial charge in [0.2, 0.25) is 0 Å². The third-order valence-corrected chi connectivity index (χ3v) is 4.16. The fourth-order valence-corrected chi connectivity index (χ4v) is 2.88. The summed E-state index contributed by atoms with van der Waals surface area (Å²) in [5, 5.41) is 4.54. The topological polar surface area (TPSA) is 15.7 Å². The van der Waals surface area contributed by atoms with Crippen LogP contribution in [0, 0.1) is 0 Å². The van der Waals surface area contributed by atoms with Gasteiger partial charge in [-0.15, -0.1) is 0 Å². The number of halogens is 1. The van der Waals surface area contributed by atoms with E-state index in [9.17, 15) is 0 Å². The van der Waals surface area contributed by atoms with Gasteiger partial charge in [0.05, 0.1) is 22.9 Å². The standard InChI is InChI=1S/C18H21ClN2O/c1-2-3-8-13-20-14-15-9-4-6-11-17(15)21(22-20)18-12-7-5-10-16(18)19/h4-7,9-12H,2-3,8,13-14H2,1H3. The molecule has 0 aliphatic carbocycles. The molecule has 0 spiro atoms. The highest BCUT2D eigenvalue weighted by Crippen LogP contribution is 2.37. The lowest BCUT2D eigenvalue weighted by Gasteiger charge is -2.36. The molecule has 0 saturated heterocycles. The van der Waals surface area contributed by atoms with Crippen LogP contribution in [0.3, 0.4) is 0 Å². The predicted molar refractivity (Wildman–Crippen MR) is 91.1 cm³/mol. The Kier molecular flexibility index (Phi) is 4.98. The molecule has 22 heavy (non-hydrogen) atoms. The summed E-state index contributed by atoms with van der Waals surface area (Å²) in [6, 6.07) is 16.1. The maximum atomic E-state index is 6.36. The summed E-state index contributed by atoms with van der Waals surface area (Å²) in [4.78, 5) is 6.11. The summed E-state index contributed by atoms with van der Waals surface area (Å²) in [7, 11) is 0. The van der Waals surface area contributed by atoms with Crippen molar-refractivity contribution in [3.63, 3.8) is 0 Å². The molecule has 0 bridgehead atoms. The van der Waals surface area contributed by atoms with Crippen molar-refractivity contribution >= 4 is 23.0 Å². The lowest BCUT2D eigenvalue weighted by atomic mass is 10.1. The van der Waals surface area contributed by atoms with E-state index < -0.39 is 0 Å². The van der Waals surface area contributed by atoms with E-state index in [2.05, 4.69) is 25.1 Å². The van der Waals surface area contributed by atoms with Crippen molar-refractivity contribution in [1.29, 1.82) is 0 Å². The molecule has 3 nitrogen and oxygen atoms in total. The maximum Gasteiger partial charge on any atom is 0.0901 e. The second kappa shape index (κ2) is 7.14. The Morgan fingerprint density at radius 2 is 1.73 bits per heavy atom. The van der Waals surface area contributed by atoms with E-state index in [1.807, 2.05) is 40.5 Å². The number of hydroxylamine groups is 2. The van der Waals surface area contributed by atoms with Gasteiger partial charge in [0.1, 0.15) is 0 Å². The molecule has 1 heterocycles. The number of unbranched alkanes of at least 4 members (excludes halogenated alkanes) is 2. The normalized spacial score (nSPS) is 14.9. The molecule has 0 amide bonds. The van der Waals surface area contributed by atoms with Crippen LogP contribution in [0.5, 0.6) is 0 Å². The Balaban J connectivity index is 1.89. The molecule has 0 unspecified atom stereocenters. The van der Waals surface area contributed by atoms with Crippen LogP contribution in [-0.4, -0.2) is 11.6 Å². The number of benzene rings is 2. The molecule has 0 radical (unpaired) electrons. The molecule has 3 rings (SSSR count). The highest BCUT2D eigenvalue weighted by molar-refractivity contribution is 6.33. The van der Waals surface area contributed by atoms with Crippen LogP contribution in [0.15, 0.2) is 48.5 Å². The number of fused-ring (bicyclic) bond motifs is 1. The van der Waals surface area contributed by atoms with Crippen molar-refractivity contribution in [2.24, 2.45) is 0 Å². The molecule has 1 aliphatic heterocycles. The van der Waals surface area contributed by atoms with Gasteiger partial charge in [-0.25, -0.2) is 5.06 Å². The summed E-state index contributed by atoms with van der Waals surface area (Å²) in [6.45, 7) is 3.94. The Morgan fingerprint density at radius 3 is 2.50 bits per heavy atom. The quantitative estimate of drug-likeness (QED) is 0.693. The second-order valence-electron chi connectivity index (χ2n) is 5.53. The number of para-hydroxylation sites is 2. The van der Waals surface area contributed by atoms with E-state index in [0.29, 0.717) is 5.02 Å². The monoisotopic (exact) mass is 316 g/mol. The molecule has 0 atom stereocenters. The number of hydrogen-bond donors (Lipinski definition) is 0. The lowest BCUT2D eigenvalue weighted by molar-refractivity contribution is -0.176. The van der Waals surface area contributed by atoms with E-state index in [4.69, 9.17) is 16.5 Å². The first-order valence-electron chi connectivity index (χ1n) is 7.85. The van der Waals surface area contributed by atoms with Crippen LogP contribution in [0.2, 0.25) is 5.02 Å². The Bertz CT molecular complexity index is 632. The largest absolute Gasteiger partial charge is 0.201 e. The second-order valence-corrected chi connectivity index (χ2v) is 5.93. The van der Waals surface area contributed by atoms with E-state index in [-0.39, 0.29) is 0 Å². The van der Waals surface area contributed by atoms with Crippen LogP contribution in [0.4, 0.5) is 11.4 Å². The molecule has 2 aromatic carbocycles. The summed E-state index contributed by atoms with van der Waals surface area (Å²) >= 11 is 6.36. The van der Waals surface area contributed by atoms with Crippen molar-refractivity contribution in [2.75, 3.05) is 11.6 Å². The van der Waals surface area contributed by atoms with E-state index in [1.54, 1.807) is 0 Å². The van der Waals surface area contributed by atoms with Crippen molar-refractivity contribution < 1.29 is 4.94 Å². The molecule has 2 aromatic rings. The van der Waals surface area contributed by atoms with Gasteiger partial charge < -0.3 is 0 Å². The first kappa shape index (κ1) is 15.3. The Hall–Kier alpha value is -1.55. The average molecular weight is 317 g/mol. The average Bonchev–Trinajstić information content (AvgIpc) is 2.55. The molecule has 0 fully saturated rings. The van der Waals surface area contributed by atoms with Crippen LogP contribution in [-0.2, 0) is 11.5 Å². The minimum absolute atomic E-state index is 0.688. The number of hydrogen-bond acceptors (Lipinski definition) is 3. The molecule has 1 aliphatic rings. The smallest absolute Gasteiger partial charge is 0.0901 e. The minimum Gasteiger partial charge on any atom is -0.201 e. The SMILES string of the molecule is CCCCCN1Cc2ccccc2N(c2ccccc2Cl)O1. The lowest BCUT2D eigenvalue weighted by Crippen LogP contribution is -2.38. The minimum atomic E-state index is 0.688. The zero-order valence-electron chi connectivity index (χ0n) is 12.8. The van der Waals surface area contributed by atoms with Gasteiger partial charge in [0.15, 0.2) is 0 Å². The van der Waals surface area contributed by atoms with Gasteiger partial charge >= 0.3 is 0 Å². The fourth-order valence-electron chi connectivity index (χ4n) is 2.67. The van der Waals surface area contributed by atoms with Gasteiger partial charge in [0, 0.05) is 6.54 Å². The third kappa shape index (κ3) is 3.27. The zero-order chi connectivity index (χ0) is 15.4. The summed E-state index contributed by atoms with van der Waals surface area (Å²) < 4.78 is 0. The molecule has 4 heteroatoms. The van der Waals surface area contributed by atoms with Crippen LogP contribution >= 0.6 is 11.6 Å². The Labute approximate surface area is 137 Å². The molecule has 0 saturated carbocycles. The van der Waals surface area contributed by atoms with Gasteiger partial charge in [-0.2, -0.15) is 10.0 Å². The summed E-state index contributed by atoms with van der Waals surface area (Å²) in [5.41, 5.74) is 3.18. The summed E-state index contributed by atoms with van der Waals surface area (Å²) in [6.07, 6.45) is 3.56. The molecule has 0 aromatic heterocycles. The number of anilines is 2. The van der Waals surface area contributed by atoms with Crippen molar-refractivity contribution in [2.45, 2.75) is 32.7 Å².